The van der Waals surface area contributed by atoms with Crippen LogP contribution in [0.5, 0.6) is 0 Å². The molecule has 20 heavy (non-hydrogen) atoms. The van der Waals surface area contributed by atoms with Crippen LogP contribution in [0, 0.1) is 17.0 Å². The Kier molecular flexibility index (Phi) is 3.64. The van der Waals surface area contributed by atoms with Crippen LogP contribution in [-0.4, -0.2) is 24.7 Å². The van der Waals surface area contributed by atoms with E-state index in [1.807, 2.05) is 19.9 Å². The number of hydrogen-bond acceptors (Lipinski definition) is 6. The Hall–Kier alpha value is -2.51. The van der Waals surface area contributed by atoms with Gasteiger partial charge < -0.3 is 5.73 Å². The quantitative estimate of drug-likeness (QED) is 0.670. The number of anilines is 1. The van der Waals surface area contributed by atoms with Crippen molar-refractivity contribution >= 4 is 11.6 Å². The fraction of sp³-hybridized carbons (Fsp3) is 0.417. The Morgan fingerprint density at radius 1 is 1.35 bits per heavy atom. The Bertz CT molecular complexity index is 664. The number of aromatic nitrogens is 4. The van der Waals surface area contributed by atoms with Gasteiger partial charge in [-0.15, -0.1) is 0 Å². The molecule has 2 N–H and O–H groups in total. The summed E-state index contributed by atoms with van der Waals surface area (Å²) >= 11 is 0. The monoisotopic (exact) mass is 276 g/mol. The normalized spacial score (nSPS) is 10.8. The fourth-order valence-electron chi connectivity index (χ4n) is 2.02. The van der Waals surface area contributed by atoms with Gasteiger partial charge in [0.05, 0.1) is 10.6 Å². The molecule has 0 aliphatic rings. The van der Waals surface area contributed by atoms with Crippen LogP contribution in [0.2, 0.25) is 0 Å². The van der Waals surface area contributed by atoms with Crippen LogP contribution in [0.3, 0.4) is 0 Å². The molecule has 8 heteroatoms. The van der Waals surface area contributed by atoms with Gasteiger partial charge in [0.15, 0.2) is 0 Å². The average molecular weight is 276 g/mol. The van der Waals surface area contributed by atoms with E-state index < -0.39 is 4.92 Å². The van der Waals surface area contributed by atoms with Gasteiger partial charge in [-0.2, -0.15) is 10.1 Å². The van der Waals surface area contributed by atoms with Gasteiger partial charge in [0.1, 0.15) is 5.69 Å². The van der Waals surface area contributed by atoms with Crippen LogP contribution in [0.15, 0.2) is 6.07 Å². The molecule has 0 unspecified atom stereocenters. The fourth-order valence-corrected chi connectivity index (χ4v) is 2.02. The summed E-state index contributed by atoms with van der Waals surface area (Å²) in [5.74, 6) is 0.121. The van der Waals surface area contributed by atoms with Crippen molar-refractivity contribution in [3.8, 4) is 5.82 Å². The van der Waals surface area contributed by atoms with Gasteiger partial charge in [0, 0.05) is 5.69 Å². The Balaban J connectivity index is 2.74. The Morgan fingerprint density at radius 3 is 2.60 bits per heavy atom. The van der Waals surface area contributed by atoms with Gasteiger partial charge in [-0.05, 0) is 25.8 Å². The molecule has 2 rings (SSSR count). The van der Waals surface area contributed by atoms with E-state index in [0.717, 1.165) is 17.8 Å². The molecule has 0 spiro atoms. The number of nitrogens with zero attached hydrogens (tertiary/aromatic N) is 5. The van der Waals surface area contributed by atoms with Crippen molar-refractivity contribution in [1.29, 1.82) is 0 Å². The summed E-state index contributed by atoms with van der Waals surface area (Å²) < 4.78 is 1.49. The molecule has 0 atom stereocenters. The van der Waals surface area contributed by atoms with Crippen molar-refractivity contribution in [1.82, 2.24) is 19.7 Å². The van der Waals surface area contributed by atoms with E-state index in [1.54, 1.807) is 0 Å². The lowest BCUT2D eigenvalue weighted by Crippen LogP contribution is -2.12. The van der Waals surface area contributed by atoms with Crippen LogP contribution >= 0.6 is 0 Å². The van der Waals surface area contributed by atoms with E-state index in [4.69, 9.17) is 5.73 Å². The third-order valence-corrected chi connectivity index (χ3v) is 3.00. The zero-order valence-corrected chi connectivity index (χ0v) is 11.6. The Morgan fingerprint density at radius 2 is 2.05 bits per heavy atom. The van der Waals surface area contributed by atoms with Gasteiger partial charge in [-0.25, -0.2) is 9.67 Å². The molecule has 2 heterocycles. The molecule has 2 aromatic rings. The van der Waals surface area contributed by atoms with Gasteiger partial charge >= 0.3 is 5.69 Å². The van der Waals surface area contributed by atoms with Crippen LogP contribution in [0.1, 0.15) is 30.9 Å². The third kappa shape index (κ3) is 2.31. The zero-order chi connectivity index (χ0) is 14.9. The standard InChI is InChI=1S/C12H16N6O2/c1-4-8-6-9(5-2)17(16-8)11-10(18(19)20)7(3)14-12(13)15-11/h6H,4-5H2,1-3H3,(H2,13,14,15). The molecule has 0 saturated heterocycles. The number of rotatable bonds is 4. The van der Waals surface area contributed by atoms with Crippen molar-refractivity contribution in [2.45, 2.75) is 33.6 Å². The molecule has 8 nitrogen and oxygen atoms in total. The number of hydrogen-bond donors (Lipinski definition) is 1. The van der Waals surface area contributed by atoms with Crippen molar-refractivity contribution in [3.05, 3.63) is 33.3 Å². The highest BCUT2D eigenvalue weighted by Crippen LogP contribution is 2.26. The first-order valence-corrected chi connectivity index (χ1v) is 6.34. The third-order valence-electron chi connectivity index (χ3n) is 3.00. The SMILES string of the molecule is CCc1cc(CC)n(-c2nc(N)nc(C)c2[N+](=O)[O-])n1. The molecule has 0 fully saturated rings. The van der Waals surface area contributed by atoms with Gasteiger partial charge in [0.2, 0.25) is 11.8 Å². The molecular weight excluding hydrogens is 260 g/mol. The van der Waals surface area contributed by atoms with E-state index in [0.29, 0.717) is 6.42 Å². The second-order valence-corrected chi connectivity index (χ2v) is 4.34. The summed E-state index contributed by atoms with van der Waals surface area (Å²) in [6.45, 7) is 5.46. The summed E-state index contributed by atoms with van der Waals surface area (Å²) in [6, 6.07) is 1.91. The molecule has 2 aromatic heterocycles. The largest absolute Gasteiger partial charge is 0.368 e. The molecule has 0 amide bonds. The van der Waals surface area contributed by atoms with Crippen LogP contribution in [-0.2, 0) is 12.8 Å². The molecule has 0 saturated carbocycles. The number of aryl methyl sites for hydroxylation is 3. The summed E-state index contributed by atoms with van der Waals surface area (Å²) in [4.78, 5) is 18.6. The predicted molar refractivity (Wildman–Crippen MR) is 73.7 cm³/mol. The summed E-state index contributed by atoms with van der Waals surface area (Å²) in [6.07, 6.45) is 1.43. The average Bonchev–Trinajstić information content (AvgIpc) is 2.80. The van der Waals surface area contributed by atoms with E-state index >= 15 is 0 Å². The second-order valence-electron chi connectivity index (χ2n) is 4.34. The van der Waals surface area contributed by atoms with E-state index in [1.165, 1.54) is 11.6 Å². The van der Waals surface area contributed by atoms with Crippen molar-refractivity contribution in [2.75, 3.05) is 5.73 Å². The van der Waals surface area contributed by atoms with Crippen LogP contribution in [0.4, 0.5) is 11.6 Å². The minimum absolute atomic E-state index is 0.00120. The number of nitrogens with two attached hydrogens (primary N) is 1. The molecule has 0 radical (unpaired) electrons. The predicted octanol–water partition coefficient (Wildman–Crippen LogP) is 1.59. The molecule has 0 aliphatic heterocycles. The van der Waals surface area contributed by atoms with E-state index in [-0.39, 0.29) is 23.1 Å². The maximum absolute atomic E-state index is 11.2. The lowest BCUT2D eigenvalue weighted by molar-refractivity contribution is -0.385. The van der Waals surface area contributed by atoms with Crippen LogP contribution < -0.4 is 5.73 Å². The summed E-state index contributed by atoms with van der Waals surface area (Å²) in [5.41, 5.74) is 7.38. The molecule has 106 valence electrons. The Labute approximate surface area is 115 Å². The molecule has 0 bridgehead atoms. The molecule has 0 aromatic carbocycles. The lowest BCUT2D eigenvalue weighted by Gasteiger charge is -2.07. The summed E-state index contributed by atoms with van der Waals surface area (Å²) in [5, 5.41) is 15.6. The highest BCUT2D eigenvalue weighted by molar-refractivity contribution is 5.53. The highest BCUT2D eigenvalue weighted by Gasteiger charge is 2.25. The minimum atomic E-state index is -0.503. The van der Waals surface area contributed by atoms with Crippen molar-refractivity contribution in [3.63, 3.8) is 0 Å². The maximum atomic E-state index is 11.2. The van der Waals surface area contributed by atoms with Gasteiger partial charge in [-0.1, -0.05) is 13.8 Å². The van der Waals surface area contributed by atoms with E-state index in [9.17, 15) is 10.1 Å². The second kappa shape index (κ2) is 5.24. The summed E-state index contributed by atoms with van der Waals surface area (Å²) in [7, 11) is 0. The highest BCUT2D eigenvalue weighted by atomic mass is 16.6. The molecule has 0 aliphatic carbocycles. The first-order valence-electron chi connectivity index (χ1n) is 6.34. The van der Waals surface area contributed by atoms with Crippen LogP contribution in [0.25, 0.3) is 5.82 Å². The minimum Gasteiger partial charge on any atom is -0.368 e. The van der Waals surface area contributed by atoms with E-state index in [2.05, 4.69) is 15.1 Å². The van der Waals surface area contributed by atoms with Crippen molar-refractivity contribution in [2.24, 2.45) is 0 Å². The first kappa shape index (κ1) is 13.9. The maximum Gasteiger partial charge on any atom is 0.334 e. The van der Waals surface area contributed by atoms with Gasteiger partial charge in [0.25, 0.3) is 0 Å². The number of nitrogen functional groups attached to an aromatic ring is 1. The molecular formula is C12H16N6O2. The first-order chi connectivity index (χ1) is 9.47. The smallest absolute Gasteiger partial charge is 0.334 e. The lowest BCUT2D eigenvalue weighted by atomic mass is 10.2. The topological polar surface area (TPSA) is 113 Å². The van der Waals surface area contributed by atoms with Crippen molar-refractivity contribution < 1.29 is 4.92 Å². The zero-order valence-electron chi connectivity index (χ0n) is 11.6. The number of nitro groups is 1. The van der Waals surface area contributed by atoms with Gasteiger partial charge in [-0.3, -0.25) is 10.1 Å².